The van der Waals surface area contributed by atoms with Gasteiger partial charge in [0.2, 0.25) is 5.13 Å². The molecule has 0 bridgehead atoms. The summed E-state index contributed by atoms with van der Waals surface area (Å²) in [6, 6.07) is 22.1. The van der Waals surface area contributed by atoms with Crippen LogP contribution in [0.15, 0.2) is 83.3 Å². The molecule has 0 fully saturated rings. The maximum atomic E-state index is 12.2. The summed E-state index contributed by atoms with van der Waals surface area (Å²) >= 11 is 1.49. The SMILES string of the molecule is COc1ccc(C(=O)Oc2ccc(/C=N\Nc3nc(-c4ccc(C)cc4)cs3)cc2)cc1. The number of benzene rings is 3. The van der Waals surface area contributed by atoms with Crippen molar-refractivity contribution in [3.63, 3.8) is 0 Å². The Morgan fingerprint density at radius 2 is 1.66 bits per heavy atom. The molecule has 1 aromatic heterocycles. The number of methoxy groups -OCH3 is 1. The lowest BCUT2D eigenvalue weighted by molar-refractivity contribution is 0.0734. The summed E-state index contributed by atoms with van der Waals surface area (Å²) < 4.78 is 10.5. The minimum Gasteiger partial charge on any atom is -0.497 e. The number of esters is 1. The molecular weight excluding hydrogens is 422 g/mol. The van der Waals surface area contributed by atoms with E-state index in [9.17, 15) is 4.79 Å². The summed E-state index contributed by atoms with van der Waals surface area (Å²) in [6.45, 7) is 2.06. The van der Waals surface area contributed by atoms with Crippen LogP contribution in [0.25, 0.3) is 11.3 Å². The maximum absolute atomic E-state index is 12.2. The van der Waals surface area contributed by atoms with E-state index in [-0.39, 0.29) is 0 Å². The number of rotatable bonds is 7. The van der Waals surface area contributed by atoms with Crippen LogP contribution in [0.1, 0.15) is 21.5 Å². The third-order valence-corrected chi connectivity index (χ3v) is 5.39. The van der Waals surface area contributed by atoms with Crippen LogP contribution in [-0.4, -0.2) is 24.3 Å². The number of carbonyl (C=O) groups is 1. The van der Waals surface area contributed by atoms with E-state index in [2.05, 4.69) is 46.7 Å². The molecule has 32 heavy (non-hydrogen) atoms. The van der Waals surface area contributed by atoms with E-state index in [1.165, 1.54) is 16.9 Å². The number of carbonyl (C=O) groups excluding carboxylic acids is 1. The second-order valence-corrected chi connectivity index (χ2v) is 7.82. The van der Waals surface area contributed by atoms with E-state index in [0.29, 0.717) is 22.2 Å². The van der Waals surface area contributed by atoms with Gasteiger partial charge in [-0.3, -0.25) is 5.43 Å². The van der Waals surface area contributed by atoms with Gasteiger partial charge in [-0.25, -0.2) is 9.78 Å². The van der Waals surface area contributed by atoms with Crippen LogP contribution in [-0.2, 0) is 0 Å². The molecule has 0 aliphatic heterocycles. The van der Waals surface area contributed by atoms with Gasteiger partial charge in [0.1, 0.15) is 11.5 Å². The zero-order valence-electron chi connectivity index (χ0n) is 17.6. The first-order valence-electron chi connectivity index (χ1n) is 9.89. The molecule has 0 amide bonds. The zero-order chi connectivity index (χ0) is 22.3. The number of hydrogen-bond acceptors (Lipinski definition) is 7. The van der Waals surface area contributed by atoms with Gasteiger partial charge >= 0.3 is 5.97 Å². The first-order chi connectivity index (χ1) is 15.6. The summed E-state index contributed by atoms with van der Waals surface area (Å²) in [4.78, 5) is 16.8. The summed E-state index contributed by atoms with van der Waals surface area (Å²) in [7, 11) is 1.58. The van der Waals surface area contributed by atoms with E-state index < -0.39 is 5.97 Å². The number of thiazole rings is 1. The molecule has 0 saturated carbocycles. The standard InChI is InChI=1S/C25H21N3O3S/c1-17-3-7-19(8-4-17)23-16-32-25(27-23)28-26-15-18-5-11-22(12-6-18)31-24(29)20-9-13-21(30-2)14-10-20/h3-16H,1-2H3,(H,27,28)/b26-15-. The van der Waals surface area contributed by atoms with Crippen molar-refractivity contribution >= 4 is 28.7 Å². The van der Waals surface area contributed by atoms with E-state index in [4.69, 9.17) is 9.47 Å². The molecule has 0 atom stereocenters. The number of anilines is 1. The molecule has 0 saturated heterocycles. The van der Waals surface area contributed by atoms with Gasteiger partial charge in [0, 0.05) is 10.9 Å². The third-order valence-electron chi connectivity index (χ3n) is 4.64. The van der Waals surface area contributed by atoms with Gasteiger partial charge in [-0.2, -0.15) is 5.10 Å². The summed E-state index contributed by atoms with van der Waals surface area (Å²) in [5, 5.41) is 6.95. The van der Waals surface area contributed by atoms with Crippen LogP contribution in [0, 0.1) is 6.92 Å². The predicted molar refractivity (Wildman–Crippen MR) is 128 cm³/mol. The molecular formula is C25H21N3O3S. The average molecular weight is 444 g/mol. The van der Waals surface area contributed by atoms with Crippen LogP contribution in [0.4, 0.5) is 5.13 Å². The number of aromatic nitrogens is 1. The lowest BCUT2D eigenvalue weighted by Crippen LogP contribution is -2.08. The van der Waals surface area contributed by atoms with Crippen molar-refractivity contribution in [2.75, 3.05) is 12.5 Å². The number of hydrogen-bond donors (Lipinski definition) is 1. The molecule has 3 aromatic carbocycles. The van der Waals surface area contributed by atoms with Crippen molar-refractivity contribution in [1.29, 1.82) is 0 Å². The van der Waals surface area contributed by atoms with Gasteiger partial charge in [-0.05, 0) is 61.0 Å². The van der Waals surface area contributed by atoms with E-state index in [0.717, 1.165) is 16.8 Å². The highest BCUT2D eigenvalue weighted by Crippen LogP contribution is 2.25. The lowest BCUT2D eigenvalue weighted by atomic mass is 10.1. The Balaban J connectivity index is 1.32. The summed E-state index contributed by atoms with van der Waals surface area (Å²) in [5.41, 5.74) is 7.47. The molecule has 7 heteroatoms. The monoisotopic (exact) mass is 443 g/mol. The normalized spacial score (nSPS) is 10.8. The van der Waals surface area contributed by atoms with Gasteiger partial charge in [-0.15, -0.1) is 11.3 Å². The van der Waals surface area contributed by atoms with Gasteiger partial charge in [-0.1, -0.05) is 29.8 Å². The topological polar surface area (TPSA) is 72.8 Å². The predicted octanol–water partition coefficient (Wildman–Crippen LogP) is 5.79. The fourth-order valence-electron chi connectivity index (χ4n) is 2.86. The van der Waals surface area contributed by atoms with E-state index in [1.807, 2.05) is 17.5 Å². The molecule has 0 radical (unpaired) electrons. The van der Waals surface area contributed by atoms with Crippen molar-refractivity contribution < 1.29 is 14.3 Å². The summed E-state index contributed by atoms with van der Waals surface area (Å²) in [6.07, 6.45) is 1.68. The summed E-state index contributed by atoms with van der Waals surface area (Å²) in [5.74, 6) is 0.713. The smallest absolute Gasteiger partial charge is 0.343 e. The van der Waals surface area contributed by atoms with Gasteiger partial charge < -0.3 is 9.47 Å². The molecule has 4 rings (SSSR count). The van der Waals surface area contributed by atoms with Gasteiger partial charge in [0.25, 0.3) is 0 Å². The number of nitrogens with one attached hydrogen (secondary N) is 1. The molecule has 4 aromatic rings. The van der Waals surface area contributed by atoms with Crippen molar-refractivity contribution in [3.05, 3.63) is 94.9 Å². The molecule has 0 unspecified atom stereocenters. The van der Waals surface area contributed by atoms with Crippen LogP contribution in [0.2, 0.25) is 0 Å². The largest absolute Gasteiger partial charge is 0.497 e. The Hall–Kier alpha value is -3.97. The molecule has 160 valence electrons. The van der Waals surface area contributed by atoms with Crippen LogP contribution < -0.4 is 14.9 Å². The Labute approximate surface area is 190 Å². The minimum atomic E-state index is -0.427. The van der Waals surface area contributed by atoms with E-state index in [1.54, 1.807) is 49.7 Å². The number of hydrazone groups is 1. The fourth-order valence-corrected chi connectivity index (χ4v) is 3.53. The Bertz CT molecular complexity index is 1210. The Morgan fingerprint density at radius 3 is 2.34 bits per heavy atom. The highest BCUT2D eigenvalue weighted by atomic mass is 32.1. The molecule has 1 N–H and O–H groups in total. The second-order valence-electron chi connectivity index (χ2n) is 6.96. The molecule has 0 aliphatic carbocycles. The molecule has 1 heterocycles. The minimum absolute atomic E-state index is 0.427. The molecule has 6 nitrogen and oxygen atoms in total. The van der Waals surface area contributed by atoms with Gasteiger partial charge in [0.05, 0.1) is 24.6 Å². The first kappa shape index (κ1) is 21.3. The lowest BCUT2D eigenvalue weighted by Gasteiger charge is -2.05. The fraction of sp³-hybridized carbons (Fsp3) is 0.0800. The number of nitrogens with zero attached hydrogens (tertiary/aromatic N) is 2. The van der Waals surface area contributed by atoms with Gasteiger partial charge in [0.15, 0.2) is 0 Å². The quantitative estimate of drug-likeness (QED) is 0.169. The number of aryl methyl sites for hydroxylation is 1. The Morgan fingerprint density at radius 1 is 0.969 bits per heavy atom. The van der Waals surface area contributed by atoms with Crippen molar-refractivity contribution in [1.82, 2.24) is 4.98 Å². The van der Waals surface area contributed by atoms with Crippen molar-refractivity contribution in [3.8, 4) is 22.8 Å². The highest BCUT2D eigenvalue weighted by molar-refractivity contribution is 7.14. The third kappa shape index (κ3) is 5.39. The zero-order valence-corrected chi connectivity index (χ0v) is 18.4. The van der Waals surface area contributed by atoms with Crippen molar-refractivity contribution in [2.45, 2.75) is 6.92 Å². The van der Waals surface area contributed by atoms with Crippen LogP contribution in [0.3, 0.4) is 0 Å². The van der Waals surface area contributed by atoms with Crippen molar-refractivity contribution in [2.24, 2.45) is 5.10 Å². The van der Waals surface area contributed by atoms with Crippen LogP contribution >= 0.6 is 11.3 Å². The second kappa shape index (κ2) is 9.89. The molecule has 0 spiro atoms. The highest BCUT2D eigenvalue weighted by Gasteiger charge is 2.08. The average Bonchev–Trinajstić information content (AvgIpc) is 3.29. The Kier molecular flexibility index (Phi) is 6.57. The first-order valence-corrected chi connectivity index (χ1v) is 10.8. The van der Waals surface area contributed by atoms with E-state index >= 15 is 0 Å². The molecule has 0 aliphatic rings. The number of ether oxygens (including phenoxy) is 2. The van der Waals surface area contributed by atoms with Crippen LogP contribution in [0.5, 0.6) is 11.5 Å². The maximum Gasteiger partial charge on any atom is 0.343 e.